The van der Waals surface area contributed by atoms with Crippen LogP contribution in [0.3, 0.4) is 0 Å². The number of nitrogens with one attached hydrogen (secondary N) is 2. The van der Waals surface area contributed by atoms with E-state index in [2.05, 4.69) is 25.6 Å². The number of carboxylic acid groups (broad SMARTS) is 1. The summed E-state index contributed by atoms with van der Waals surface area (Å²) in [6.07, 6.45) is 4.47. The first-order valence-electron chi connectivity index (χ1n) is 11.9. The largest absolute Gasteiger partial charge is 0.481 e. The molecular weight excluding hydrogens is 487 g/mol. The molecule has 0 aliphatic heterocycles. The Morgan fingerprint density at radius 2 is 1.65 bits per heavy atom. The average molecular weight is 514 g/mol. The van der Waals surface area contributed by atoms with Crippen LogP contribution in [0.1, 0.15) is 59.6 Å². The zero-order valence-corrected chi connectivity index (χ0v) is 19.8. The molecule has 3 aromatic rings. The highest BCUT2D eigenvalue weighted by Gasteiger charge is 2.30. The van der Waals surface area contributed by atoms with Gasteiger partial charge in [0, 0.05) is 36.3 Å². The molecule has 1 aliphatic rings. The molecule has 11 heteroatoms. The summed E-state index contributed by atoms with van der Waals surface area (Å²) in [6, 6.07) is 7.90. The zero-order valence-electron chi connectivity index (χ0n) is 19.8. The van der Waals surface area contributed by atoms with Crippen LogP contribution in [0.4, 0.5) is 19.0 Å². The molecule has 2 aromatic heterocycles. The van der Waals surface area contributed by atoms with Crippen molar-refractivity contribution in [2.24, 2.45) is 5.92 Å². The summed E-state index contributed by atoms with van der Waals surface area (Å²) in [6.45, 7) is 0.0282. The molecule has 3 N–H and O–H groups in total. The maximum absolute atomic E-state index is 12.8. The fourth-order valence-electron chi connectivity index (χ4n) is 4.38. The van der Waals surface area contributed by atoms with Crippen LogP contribution in [-0.4, -0.2) is 38.5 Å². The van der Waals surface area contributed by atoms with Crippen molar-refractivity contribution < 1.29 is 27.9 Å². The first-order valence-corrected chi connectivity index (χ1v) is 11.9. The van der Waals surface area contributed by atoms with Crippen LogP contribution in [-0.2, 0) is 11.0 Å². The summed E-state index contributed by atoms with van der Waals surface area (Å²) in [5.41, 5.74) is 0.913. The van der Waals surface area contributed by atoms with Crippen LogP contribution >= 0.6 is 0 Å². The molecule has 0 bridgehead atoms. The number of carbonyl (C=O) groups excluding carboxylic acids is 1. The van der Waals surface area contributed by atoms with Gasteiger partial charge in [-0.15, -0.1) is 0 Å². The van der Waals surface area contributed by atoms with Gasteiger partial charge in [0.15, 0.2) is 5.82 Å². The molecule has 0 unspecified atom stereocenters. The number of carboxylic acids is 1. The number of aromatic nitrogens is 3. The van der Waals surface area contributed by atoms with E-state index >= 15 is 0 Å². The Hall–Kier alpha value is -4.02. The van der Waals surface area contributed by atoms with Crippen molar-refractivity contribution in [3.8, 4) is 11.4 Å². The van der Waals surface area contributed by atoms with Gasteiger partial charge in [0.2, 0.25) is 0 Å². The van der Waals surface area contributed by atoms with Crippen molar-refractivity contribution in [2.75, 3.05) is 11.9 Å². The highest BCUT2D eigenvalue weighted by Crippen LogP contribution is 2.37. The van der Waals surface area contributed by atoms with Crippen LogP contribution in [0.2, 0.25) is 0 Å². The number of pyridine rings is 1. The number of hydrogen-bond acceptors (Lipinski definition) is 6. The molecule has 8 nitrogen and oxygen atoms in total. The zero-order chi connectivity index (χ0) is 26.4. The van der Waals surface area contributed by atoms with E-state index in [1.54, 1.807) is 24.5 Å². The molecule has 1 aliphatic carbocycles. The molecule has 1 fully saturated rings. The third-order valence-corrected chi connectivity index (χ3v) is 6.33. The molecule has 1 saturated carbocycles. The lowest BCUT2D eigenvalue weighted by Gasteiger charge is -2.25. The standard InChI is InChI=1S/C26H26F3N5O3/c27-26(28,29)20-8-5-17(6-9-20)24-32-14-19(15-33-24)23(16-3-1-2-4-16)34-21-10-7-18(13-31-21)25(37)30-12-11-22(35)36/h5-10,13-16,23H,1-4,11-12H2,(H,30,37)(H,31,34)(H,35,36)/t23-/m1/s1. The minimum Gasteiger partial charge on any atom is -0.481 e. The van der Waals surface area contributed by atoms with Gasteiger partial charge < -0.3 is 15.7 Å². The van der Waals surface area contributed by atoms with Crippen molar-refractivity contribution >= 4 is 17.7 Å². The highest BCUT2D eigenvalue weighted by molar-refractivity contribution is 5.94. The van der Waals surface area contributed by atoms with Gasteiger partial charge in [-0.2, -0.15) is 13.2 Å². The molecule has 1 atom stereocenters. The van der Waals surface area contributed by atoms with Crippen LogP contribution in [0.5, 0.6) is 0 Å². The number of hydrogen-bond donors (Lipinski definition) is 3. The maximum atomic E-state index is 12.8. The Morgan fingerprint density at radius 3 is 2.22 bits per heavy atom. The fourth-order valence-corrected chi connectivity index (χ4v) is 4.38. The second kappa shape index (κ2) is 11.4. The molecule has 1 amide bonds. The Balaban J connectivity index is 1.47. The first kappa shape index (κ1) is 26.1. The third kappa shape index (κ3) is 6.81. The minimum atomic E-state index is -4.40. The van der Waals surface area contributed by atoms with Gasteiger partial charge in [0.1, 0.15) is 5.82 Å². The number of nitrogens with zero attached hydrogens (tertiary/aromatic N) is 3. The lowest BCUT2D eigenvalue weighted by molar-refractivity contribution is -0.138. The van der Waals surface area contributed by atoms with Gasteiger partial charge in [-0.25, -0.2) is 15.0 Å². The number of alkyl halides is 3. The van der Waals surface area contributed by atoms with Gasteiger partial charge >= 0.3 is 12.1 Å². The Morgan fingerprint density at radius 1 is 0.973 bits per heavy atom. The van der Waals surface area contributed by atoms with Gasteiger partial charge in [0.05, 0.1) is 23.6 Å². The van der Waals surface area contributed by atoms with E-state index in [0.29, 0.717) is 28.7 Å². The molecule has 4 rings (SSSR count). The number of rotatable bonds is 9. The van der Waals surface area contributed by atoms with E-state index in [1.807, 2.05) is 0 Å². The normalized spacial score (nSPS) is 14.8. The van der Waals surface area contributed by atoms with Crippen molar-refractivity contribution in [3.05, 3.63) is 71.7 Å². The van der Waals surface area contributed by atoms with E-state index in [-0.39, 0.29) is 19.0 Å². The highest BCUT2D eigenvalue weighted by atomic mass is 19.4. The first-order chi connectivity index (χ1) is 17.7. The van der Waals surface area contributed by atoms with E-state index in [9.17, 15) is 22.8 Å². The Bertz CT molecular complexity index is 1210. The Kier molecular flexibility index (Phi) is 8.00. The molecule has 0 radical (unpaired) electrons. The third-order valence-electron chi connectivity index (χ3n) is 6.33. The van der Waals surface area contributed by atoms with Crippen molar-refractivity contribution in [3.63, 3.8) is 0 Å². The molecule has 37 heavy (non-hydrogen) atoms. The molecular formula is C26H26F3N5O3. The molecule has 1 aromatic carbocycles. The number of aliphatic carboxylic acids is 1. The van der Waals surface area contributed by atoms with Gasteiger partial charge in [-0.3, -0.25) is 9.59 Å². The van der Waals surface area contributed by atoms with E-state index in [4.69, 9.17) is 5.11 Å². The summed E-state index contributed by atoms with van der Waals surface area (Å²) < 4.78 is 38.5. The summed E-state index contributed by atoms with van der Waals surface area (Å²) >= 11 is 0. The maximum Gasteiger partial charge on any atom is 0.416 e. The molecule has 2 heterocycles. The smallest absolute Gasteiger partial charge is 0.416 e. The summed E-state index contributed by atoms with van der Waals surface area (Å²) in [5, 5.41) is 14.6. The van der Waals surface area contributed by atoms with Gasteiger partial charge in [-0.05, 0) is 43.0 Å². The number of amides is 1. The Labute approximate surface area is 211 Å². The predicted molar refractivity (Wildman–Crippen MR) is 130 cm³/mol. The van der Waals surface area contributed by atoms with Gasteiger partial charge in [0.25, 0.3) is 5.91 Å². The number of halogens is 3. The fraction of sp³-hybridized carbons (Fsp3) is 0.346. The van der Waals surface area contributed by atoms with E-state index in [0.717, 1.165) is 43.4 Å². The molecule has 0 spiro atoms. The minimum absolute atomic E-state index is 0.0282. The summed E-state index contributed by atoms with van der Waals surface area (Å²) in [7, 11) is 0. The number of benzene rings is 1. The van der Waals surface area contributed by atoms with Crippen LogP contribution < -0.4 is 10.6 Å². The number of anilines is 1. The second-order valence-electron chi connectivity index (χ2n) is 8.91. The number of carbonyl (C=O) groups is 2. The predicted octanol–water partition coefficient (Wildman–Crippen LogP) is 5.11. The van der Waals surface area contributed by atoms with Crippen molar-refractivity contribution in [2.45, 2.75) is 44.3 Å². The summed E-state index contributed by atoms with van der Waals surface area (Å²) in [5.74, 6) is -0.182. The van der Waals surface area contributed by atoms with Crippen LogP contribution in [0, 0.1) is 5.92 Å². The lowest BCUT2D eigenvalue weighted by atomic mass is 9.93. The monoisotopic (exact) mass is 513 g/mol. The SMILES string of the molecule is O=C(O)CCNC(=O)c1ccc(N[C@@H](c2cnc(-c3ccc(C(F)(F)F)cc3)nc2)C2CCCC2)nc1. The van der Waals surface area contributed by atoms with Crippen LogP contribution in [0.25, 0.3) is 11.4 Å². The summed E-state index contributed by atoms with van der Waals surface area (Å²) in [4.78, 5) is 35.9. The quantitative estimate of drug-likeness (QED) is 0.364. The second-order valence-corrected chi connectivity index (χ2v) is 8.91. The van der Waals surface area contributed by atoms with Crippen molar-refractivity contribution in [1.82, 2.24) is 20.3 Å². The van der Waals surface area contributed by atoms with E-state index < -0.39 is 23.6 Å². The van der Waals surface area contributed by atoms with Crippen LogP contribution in [0.15, 0.2) is 55.0 Å². The van der Waals surface area contributed by atoms with Gasteiger partial charge in [-0.1, -0.05) is 25.0 Å². The molecule has 0 saturated heterocycles. The van der Waals surface area contributed by atoms with Crippen molar-refractivity contribution in [1.29, 1.82) is 0 Å². The topological polar surface area (TPSA) is 117 Å². The molecule has 194 valence electrons. The van der Waals surface area contributed by atoms with E-state index in [1.165, 1.54) is 18.3 Å². The average Bonchev–Trinajstić information content (AvgIpc) is 3.42. The lowest BCUT2D eigenvalue weighted by Crippen LogP contribution is -2.26.